The van der Waals surface area contributed by atoms with Crippen LogP contribution in [0.5, 0.6) is 0 Å². The van der Waals surface area contributed by atoms with Crippen LogP contribution in [0.15, 0.2) is 0 Å². The van der Waals surface area contributed by atoms with Gasteiger partial charge in [-0.05, 0) is 51.2 Å². The van der Waals surface area contributed by atoms with Gasteiger partial charge in [0.25, 0.3) is 0 Å². The van der Waals surface area contributed by atoms with E-state index < -0.39 is 54.0 Å². The van der Waals surface area contributed by atoms with Crippen molar-refractivity contribution in [2.75, 3.05) is 24.3 Å². The summed E-state index contributed by atoms with van der Waals surface area (Å²) in [7, 11) is 0. The Kier molecular flexibility index (Phi) is 15.3. The van der Waals surface area contributed by atoms with Gasteiger partial charge < -0.3 is 37.6 Å². The monoisotopic (exact) mass is 481 g/mol. The Morgan fingerprint density at radius 3 is 2.10 bits per heavy atom. The van der Waals surface area contributed by atoms with Crippen LogP contribution in [0.2, 0.25) is 0 Å². The maximum atomic E-state index is 12.8. The molecule has 0 aliphatic heterocycles. The van der Waals surface area contributed by atoms with Crippen LogP contribution in [0.3, 0.4) is 0 Å². The molecule has 31 heavy (non-hydrogen) atoms. The van der Waals surface area contributed by atoms with Crippen molar-refractivity contribution >= 4 is 48.1 Å². The van der Waals surface area contributed by atoms with E-state index in [0.717, 1.165) is 0 Å². The molecule has 0 spiro atoms. The second-order valence-corrected chi connectivity index (χ2v) is 8.39. The molecule has 0 aliphatic carbocycles. The molecule has 0 radical (unpaired) electrons. The number of aliphatic hydroxyl groups excluding tert-OH is 1. The second-order valence-electron chi connectivity index (χ2n) is 7.04. The predicted molar refractivity (Wildman–Crippen MR) is 123 cm³/mol. The quantitative estimate of drug-likeness (QED) is 0.0911. The molecule has 0 saturated carbocycles. The van der Waals surface area contributed by atoms with E-state index in [1.54, 1.807) is 11.8 Å². The zero-order valence-corrected chi connectivity index (χ0v) is 19.6. The largest absolute Gasteiger partial charge is 0.480 e. The van der Waals surface area contributed by atoms with Crippen molar-refractivity contribution < 1.29 is 29.4 Å². The van der Waals surface area contributed by atoms with Gasteiger partial charge in [-0.15, -0.1) is 0 Å². The summed E-state index contributed by atoms with van der Waals surface area (Å²) in [6.07, 6.45) is 2.43. The average Bonchev–Trinajstić information content (AvgIpc) is 2.72. The number of hydrogen-bond acceptors (Lipinski definition) is 9. The molecule has 0 fully saturated rings. The fourth-order valence-electron chi connectivity index (χ4n) is 2.52. The number of amides is 3. The van der Waals surface area contributed by atoms with Gasteiger partial charge in [0.1, 0.15) is 18.1 Å². The summed E-state index contributed by atoms with van der Waals surface area (Å²) in [5.41, 5.74) is 11.3. The van der Waals surface area contributed by atoms with E-state index in [0.29, 0.717) is 31.6 Å². The molecule has 13 heteroatoms. The number of carboxylic acids is 1. The average molecular weight is 482 g/mol. The molecule has 0 bridgehead atoms. The number of carbonyl (C=O) groups is 4. The summed E-state index contributed by atoms with van der Waals surface area (Å²) in [6.45, 7) is 1.69. The Morgan fingerprint density at radius 2 is 1.61 bits per heavy atom. The van der Waals surface area contributed by atoms with Crippen LogP contribution < -0.4 is 27.4 Å². The molecule has 3 amide bonds. The molecule has 0 aliphatic rings. The maximum absolute atomic E-state index is 12.8. The highest BCUT2D eigenvalue weighted by Gasteiger charge is 2.32. The lowest BCUT2D eigenvalue weighted by atomic mass is 10.1. The van der Waals surface area contributed by atoms with Gasteiger partial charge in [0.05, 0.1) is 12.1 Å². The molecule has 11 nitrogen and oxygen atoms in total. The number of nitrogens with one attached hydrogen (secondary N) is 3. The van der Waals surface area contributed by atoms with E-state index in [4.69, 9.17) is 16.6 Å². The number of rotatable bonds is 16. The topological polar surface area (TPSA) is 197 Å². The molecule has 5 atom stereocenters. The van der Waals surface area contributed by atoms with E-state index in [1.807, 2.05) is 6.26 Å². The van der Waals surface area contributed by atoms with E-state index in [1.165, 1.54) is 6.92 Å². The number of aliphatic hydroxyl groups is 1. The van der Waals surface area contributed by atoms with Crippen molar-refractivity contribution in [3.63, 3.8) is 0 Å². The first kappa shape index (κ1) is 29.5. The Bertz CT molecular complexity index is 596. The predicted octanol–water partition coefficient (Wildman–Crippen LogP) is -1.95. The summed E-state index contributed by atoms with van der Waals surface area (Å²) in [6, 6.07) is -4.50. The molecular formula is C18H35N5O6S2. The van der Waals surface area contributed by atoms with Crippen molar-refractivity contribution in [1.82, 2.24) is 16.0 Å². The first-order chi connectivity index (χ1) is 14.6. The normalized spacial score (nSPS) is 15.8. The van der Waals surface area contributed by atoms with Gasteiger partial charge in [-0.2, -0.15) is 24.4 Å². The van der Waals surface area contributed by atoms with E-state index in [-0.39, 0.29) is 12.2 Å². The molecule has 5 unspecified atom stereocenters. The highest BCUT2D eigenvalue weighted by Crippen LogP contribution is 2.05. The van der Waals surface area contributed by atoms with E-state index in [9.17, 15) is 24.3 Å². The van der Waals surface area contributed by atoms with Gasteiger partial charge >= 0.3 is 5.97 Å². The van der Waals surface area contributed by atoms with Crippen molar-refractivity contribution in [1.29, 1.82) is 0 Å². The number of hydrogen-bond donors (Lipinski definition) is 8. The third-order valence-electron chi connectivity index (χ3n) is 4.41. The molecule has 0 aromatic rings. The van der Waals surface area contributed by atoms with Gasteiger partial charge in [-0.1, -0.05) is 0 Å². The Hall–Kier alpha value is -1.54. The third-order valence-corrected chi connectivity index (χ3v) is 5.42. The van der Waals surface area contributed by atoms with Crippen LogP contribution in [-0.4, -0.2) is 88.5 Å². The fraction of sp³-hybridized carbons (Fsp3) is 0.778. The number of thiol groups is 1. The minimum absolute atomic E-state index is 0.173. The van der Waals surface area contributed by atoms with Crippen LogP contribution in [0.4, 0.5) is 0 Å². The third kappa shape index (κ3) is 11.6. The summed E-state index contributed by atoms with van der Waals surface area (Å²) in [5.74, 6) is -2.87. The summed E-state index contributed by atoms with van der Waals surface area (Å²) in [5, 5.41) is 26.2. The number of aliphatic carboxylic acids is 1. The van der Waals surface area contributed by atoms with Crippen LogP contribution in [0.25, 0.3) is 0 Å². The minimum atomic E-state index is -1.42. The molecule has 180 valence electrons. The Balaban J connectivity index is 5.28. The van der Waals surface area contributed by atoms with E-state index in [2.05, 4.69) is 28.6 Å². The fourth-order valence-corrected chi connectivity index (χ4v) is 3.26. The molecule has 0 rings (SSSR count). The molecule has 0 saturated heterocycles. The van der Waals surface area contributed by atoms with Gasteiger partial charge in [-0.25, -0.2) is 4.79 Å². The van der Waals surface area contributed by atoms with Gasteiger partial charge in [0.2, 0.25) is 17.7 Å². The molecule has 0 aromatic heterocycles. The molecule has 0 aromatic carbocycles. The number of thioether (sulfide) groups is 1. The second kappa shape index (κ2) is 16.1. The lowest BCUT2D eigenvalue weighted by Crippen LogP contribution is -2.60. The maximum Gasteiger partial charge on any atom is 0.327 e. The Morgan fingerprint density at radius 1 is 1.00 bits per heavy atom. The van der Waals surface area contributed by atoms with Crippen molar-refractivity contribution in [2.24, 2.45) is 11.5 Å². The number of unbranched alkanes of at least 4 members (excludes halogenated alkanes) is 1. The highest BCUT2D eigenvalue weighted by atomic mass is 32.2. The van der Waals surface area contributed by atoms with Crippen LogP contribution in [0, 0.1) is 0 Å². The molecular weight excluding hydrogens is 446 g/mol. The van der Waals surface area contributed by atoms with E-state index >= 15 is 0 Å². The standard InChI is InChI=1S/C18H35N5O6S2/c1-10(24)14(17(27)22-13(9-30)18(28)29)23-16(26)12(5-3-4-7-19)21-15(25)11(20)6-8-31-2/h10-14,24,30H,3-9,19-20H2,1-2H3,(H,21,25)(H,22,27)(H,23,26)(H,28,29). The number of nitrogens with two attached hydrogens (primary N) is 2. The molecule has 9 N–H and O–H groups in total. The number of carboxylic acid groups (broad SMARTS) is 1. The molecule has 0 heterocycles. The highest BCUT2D eigenvalue weighted by molar-refractivity contribution is 7.98. The lowest BCUT2D eigenvalue weighted by molar-refractivity contribution is -0.142. The van der Waals surface area contributed by atoms with Crippen molar-refractivity contribution in [3.05, 3.63) is 0 Å². The first-order valence-electron chi connectivity index (χ1n) is 9.96. The zero-order chi connectivity index (χ0) is 24.0. The van der Waals surface area contributed by atoms with Gasteiger partial charge in [0, 0.05) is 5.75 Å². The van der Waals surface area contributed by atoms with Crippen LogP contribution >= 0.6 is 24.4 Å². The summed E-state index contributed by atoms with van der Waals surface area (Å²) < 4.78 is 0. The summed E-state index contributed by atoms with van der Waals surface area (Å²) >= 11 is 5.40. The van der Waals surface area contributed by atoms with Crippen molar-refractivity contribution in [3.8, 4) is 0 Å². The van der Waals surface area contributed by atoms with Crippen molar-refractivity contribution in [2.45, 2.75) is 62.9 Å². The van der Waals surface area contributed by atoms with Crippen LogP contribution in [0.1, 0.15) is 32.6 Å². The Labute approximate surface area is 192 Å². The van der Waals surface area contributed by atoms with Crippen LogP contribution in [-0.2, 0) is 19.2 Å². The first-order valence-corrected chi connectivity index (χ1v) is 12.0. The van der Waals surface area contributed by atoms with Gasteiger partial charge in [0.15, 0.2) is 0 Å². The minimum Gasteiger partial charge on any atom is -0.480 e. The van der Waals surface area contributed by atoms with Gasteiger partial charge in [-0.3, -0.25) is 14.4 Å². The SMILES string of the molecule is CSCCC(N)C(=O)NC(CCCCN)C(=O)NC(C(=O)NC(CS)C(=O)O)C(C)O. The summed E-state index contributed by atoms with van der Waals surface area (Å²) in [4.78, 5) is 48.7. The smallest absolute Gasteiger partial charge is 0.327 e. The number of carbonyl (C=O) groups excluding carboxylic acids is 3. The zero-order valence-electron chi connectivity index (χ0n) is 17.9. The lowest BCUT2D eigenvalue weighted by Gasteiger charge is -2.26.